The number of carbonyl (C=O) groups excluding carboxylic acids is 3. The van der Waals surface area contributed by atoms with E-state index in [4.69, 9.17) is 0 Å². The molecule has 3 N–H and O–H groups in total. The van der Waals surface area contributed by atoms with E-state index in [9.17, 15) is 14.4 Å². The molecule has 4 rings (SSSR count). The molecule has 0 aliphatic carbocycles. The number of benzene rings is 1. The summed E-state index contributed by atoms with van der Waals surface area (Å²) in [5.41, 5.74) is 2.78. The predicted octanol–water partition coefficient (Wildman–Crippen LogP) is -0.101. The van der Waals surface area contributed by atoms with Gasteiger partial charge in [-0.25, -0.2) is 0 Å². The highest BCUT2D eigenvalue weighted by Crippen LogP contribution is 2.28. The molecule has 7 heteroatoms. The Morgan fingerprint density at radius 2 is 2.08 bits per heavy atom. The molecule has 1 aromatic rings. The smallest absolute Gasteiger partial charge is 0.255 e. The van der Waals surface area contributed by atoms with Crippen LogP contribution in [0.4, 0.5) is 0 Å². The van der Waals surface area contributed by atoms with E-state index in [0.717, 1.165) is 24.2 Å². The van der Waals surface area contributed by atoms with E-state index in [1.54, 1.807) is 4.90 Å². The third-order valence-corrected chi connectivity index (χ3v) is 5.34. The summed E-state index contributed by atoms with van der Waals surface area (Å²) >= 11 is 0. The Morgan fingerprint density at radius 3 is 2.76 bits per heavy atom. The molecule has 3 aliphatic rings. The fourth-order valence-electron chi connectivity index (χ4n) is 3.65. The van der Waals surface area contributed by atoms with Gasteiger partial charge in [0, 0.05) is 43.7 Å². The fraction of sp³-hybridized carbons (Fsp3) is 0.500. The summed E-state index contributed by atoms with van der Waals surface area (Å²) in [6, 6.07) is 5.37. The number of carbonyl (C=O) groups is 3. The number of hydrogen-bond acceptors (Lipinski definition) is 5. The summed E-state index contributed by atoms with van der Waals surface area (Å²) in [5, 5.41) is 9.09. The van der Waals surface area contributed by atoms with Gasteiger partial charge in [0.25, 0.3) is 5.91 Å². The van der Waals surface area contributed by atoms with Gasteiger partial charge in [-0.05, 0) is 30.5 Å². The van der Waals surface area contributed by atoms with Crippen LogP contribution in [-0.2, 0) is 22.7 Å². The molecule has 3 heterocycles. The van der Waals surface area contributed by atoms with Crippen molar-refractivity contribution in [3.63, 3.8) is 0 Å². The average molecular weight is 342 g/mol. The van der Waals surface area contributed by atoms with Crippen LogP contribution in [0.15, 0.2) is 18.2 Å². The van der Waals surface area contributed by atoms with Gasteiger partial charge in [-0.3, -0.25) is 19.7 Å². The normalized spacial score (nSPS) is 24.8. The molecule has 0 radical (unpaired) electrons. The highest BCUT2D eigenvalue weighted by atomic mass is 16.2. The molecule has 2 fully saturated rings. The van der Waals surface area contributed by atoms with Gasteiger partial charge < -0.3 is 15.5 Å². The molecule has 3 aliphatic heterocycles. The SMILES string of the molecule is CC1(NCc2ccc3c(c2)C(=O)N(C2CCC(=O)NC2=O)C3)CNC1. The Kier molecular flexibility index (Phi) is 3.85. The zero-order valence-corrected chi connectivity index (χ0v) is 14.2. The first-order valence-electron chi connectivity index (χ1n) is 8.67. The summed E-state index contributed by atoms with van der Waals surface area (Å²) in [6.45, 7) is 5.19. The van der Waals surface area contributed by atoms with Crippen LogP contribution in [0.3, 0.4) is 0 Å². The third-order valence-electron chi connectivity index (χ3n) is 5.34. The van der Waals surface area contributed by atoms with Crippen molar-refractivity contribution in [1.29, 1.82) is 0 Å². The van der Waals surface area contributed by atoms with Crippen LogP contribution in [0.2, 0.25) is 0 Å². The molecular weight excluding hydrogens is 320 g/mol. The minimum absolute atomic E-state index is 0.113. The summed E-state index contributed by atoms with van der Waals surface area (Å²) < 4.78 is 0. The fourth-order valence-corrected chi connectivity index (χ4v) is 3.65. The number of nitrogens with one attached hydrogen (secondary N) is 3. The maximum atomic E-state index is 12.8. The van der Waals surface area contributed by atoms with Crippen molar-refractivity contribution >= 4 is 17.7 Å². The van der Waals surface area contributed by atoms with Crippen molar-refractivity contribution in [2.45, 2.75) is 44.4 Å². The zero-order chi connectivity index (χ0) is 17.6. The number of amides is 3. The lowest BCUT2D eigenvalue weighted by Crippen LogP contribution is -2.65. The molecule has 7 nitrogen and oxygen atoms in total. The van der Waals surface area contributed by atoms with Crippen LogP contribution in [-0.4, -0.2) is 47.3 Å². The lowest BCUT2D eigenvalue weighted by atomic mass is 9.95. The number of piperidine rings is 1. The van der Waals surface area contributed by atoms with Gasteiger partial charge in [0.15, 0.2) is 0 Å². The van der Waals surface area contributed by atoms with Crippen LogP contribution in [0.25, 0.3) is 0 Å². The topological polar surface area (TPSA) is 90.5 Å². The first-order valence-corrected chi connectivity index (χ1v) is 8.67. The second-order valence-corrected chi connectivity index (χ2v) is 7.41. The Morgan fingerprint density at radius 1 is 1.28 bits per heavy atom. The van der Waals surface area contributed by atoms with Gasteiger partial charge >= 0.3 is 0 Å². The molecule has 132 valence electrons. The quantitative estimate of drug-likeness (QED) is 0.665. The van der Waals surface area contributed by atoms with Crippen molar-refractivity contribution in [2.75, 3.05) is 13.1 Å². The van der Waals surface area contributed by atoms with Gasteiger partial charge in [0.2, 0.25) is 11.8 Å². The van der Waals surface area contributed by atoms with Gasteiger partial charge in [0.1, 0.15) is 6.04 Å². The van der Waals surface area contributed by atoms with Gasteiger partial charge in [-0.15, -0.1) is 0 Å². The van der Waals surface area contributed by atoms with Crippen molar-refractivity contribution < 1.29 is 14.4 Å². The van der Waals surface area contributed by atoms with Crippen LogP contribution in [0, 0.1) is 0 Å². The third kappa shape index (κ3) is 2.94. The number of rotatable bonds is 4. The monoisotopic (exact) mass is 342 g/mol. The summed E-state index contributed by atoms with van der Waals surface area (Å²) in [4.78, 5) is 37.7. The number of imide groups is 1. The molecule has 1 atom stereocenters. The van der Waals surface area contributed by atoms with Crippen molar-refractivity contribution in [2.24, 2.45) is 0 Å². The molecule has 2 saturated heterocycles. The largest absolute Gasteiger partial charge is 0.322 e. The molecule has 1 aromatic carbocycles. The summed E-state index contributed by atoms with van der Waals surface area (Å²) in [6.07, 6.45) is 0.669. The number of nitrogens with zero attached hydrogens (tertiary/aromatic N) is 1. The highest BCUT2D eigenvalue weighted by Gasteiger charge is 2.39. The molecule has 3 amide bonds. The van der Waals surface area contributed by atoms with Gasteiger partial charge in [0.05, 0.1) is 0 Å². The second kappa shape index (κ2) is 5.93. The van der Waals surface area contributed by atoms with Crippen LogP contribution in [0.5, 0.6) is 0 Å². The maximum absolute atomic E-state index is 12.8. The standard InChI is InChI=1S/C18H22N4O3/c1-18(9-19-10-18)20-7-11-2-3-12-8-22(17(25)13(12)6-11)14-4-5-15(23)21-16(14)24/h2-3,6,14,19-20H,4-5,7-10H2,1H3,(H,21,23,24). The average Bonchev–Trinajstić information content (AvgIpc) is 2.88. The van der Waals surface area contributed by atoms with E-state index in [1.807, 2.05) is 18.2 Å². The van der Waals surface area contributed by atoms with Crippen LogP contribution < -0.4 is 16.0 Å². The minimum atomic E-state index is -0.556. The van der Waals surface area contributed by atoms with E-state index in [2.05, 4.69) is 22.9 Å². The van der Waals surface area contributed by atoms with Crippen molar-refractivity contribution in [1.82, 2.24) is 20.9 Å². The predicted molar refractivity (Wildman–Crippen MR) is 90.6 cm³/mol. The van der Waals surface area contributed by atoms with Crippen LogP contribution in [0.1, 0.15) is 41.3 Å². The van der Waals surface area contributed by atoms with E-state index in [1.165, 1.54) is 0 Å². The molecule has 0 bridgehead atoms. The summed E-state index contributed by atoms with van der Waals surface area (Å²) in [7, 11) is 0. The molecule has 0 spiro atoms. The number of fused-ring (bicyclic) bond motifs is 1. The van der Waals surface area contributed by atoms with Crippen molar-refractivity contribution in [3.8, 4) is 0 Å². The zero-order valence-electron chi connectivity index (χ0n) is 14.2. The lowest BCUT2D eigenvalue weighted by molar-refractivity contribution is -0.136. The lowest BCUT2D eigenvalue weighted by Gasteiger charge is -2.40. The Labute approximate surface area is 146 Å². The van der Waals surface area contributed by atoms with E-state index in [0.29, 0.717) is 25.1 Å². The number of hydrogen-bond donors (Lipinski definition) is 3. The molecule has 0 saturated carbocycles. The maximum Gasteiger partial charge on any atom is 0.255 e. The minimum Gasteiger partial charge on any atom is -0.322 e. The van der Waals surface area contributed by atoms with E-state index in [-0.39, 0.29) is 29.7 Å². The Hall–Kier alpha value is -2.25. The van der Waals surface area contributed by atoms with E-state index < -0.39 is 6.04 Å². The first kappa shape index (κ1) is 16.2. The van der Waals surface area contributed by atoms with Crippen molar-refractivity contribution in [3.05, 3.63) is 34.9 Å². The molecular formula is C18H22N4O3. The van der Waals surface area contributed by atoms with E-state index >= 15 is 0 Å². The summed E-state index contributed by atoms with van der Waals surface area (Å²) in [5.74, 6) is -0.759. The van der Waals surface area contributed by atoms with Crippen LogP contribution >= 0.6 is 0 Å². The highest BCUT2D eigenvalue weighted by molar-refractivity contribution is 6.05. The Bertz CT molecular complexity index is 757. The van der Waals surface area contributed by atoms with Gasteiger partial charge in [-0.2, -0.15) is 0 Å². The second-order valence-electron chi connectivity index (χ2n) is 7.41. The first-order chi connectivity index (χ1) is 12.0. The molecule has 1 unspecified atom stereocenters. The van der Waals surface area contributed by atoms with Gasteiger partial charge in [-0.1, -0.05) is 12.1 Å². The Balaban J connectivity index is 1.48. The molecule has 25 heavy (non-hydrogen) atoms. The molecule has 0 aromatic heterocycles.